The van der Waals surface area contributed by atoms with E-state index in [2.05, 4.69) is 47.9 Å². The summed E-state index contributed by atoms with van der Waals surface area (Å²) in [6.07, 6.45) is -1.77. The topological polar surface area (TPSA) is 432 Å². The van der Waals surface area contributed by atoms with Gasteiger partial charge in [-0.05, 0) is 116 Å². The molecule has 21 N–H and O–H groups in total. The molecule has 0 saturated carbocycles. The predicted octanol–water partition coefficient (Wildman–Crippen LogP) is -5.28. The van der Waals surface area contributed by atoms with Gasteiger partial charge in [-0.1, -0.05) is 44.2 Å². The molecule has 25 nitrogen and oxygen atoms in total. The zero-order valence-electron chi connectivity index (χ0n) is 42.1. The number of nitrogens with two attached hydrogens (primary N) is 5. The Bertz CT molecular complexity index is 1910. The number of carbonyl (C=O) groups is 9. The second-order valence-electron chi connectivity index (χ2n) is 18.5. The van der Waals surface area contributed by atoms with Crippen LogP contribution >= 0.6 is 0 Å². The molecule has 0 aromatic heterocycles. The fraction of sp³-hybridized carbons (Fsp3) is 0.681. The van der Waals surface area contributed by atoms with Gasteiger partial charge in [0.1, 0.15) is 54.4 Å². The fourth-order valence-electron chi connectivity index (χ4n) is 7.65. The minimum Gasteiger partial charge on any atom is -0.391 e. The van der Waals surface area contributed by atoms with Crippen LogP contribution in [0.1, 0.15) is 97.5 Å². The van der Waals surface area contributed by atoms with Gasteiger partial charge in [0, 0.05) is 13.0 Å². The summed E-state index contributed by atoms with van der Waals surface area (Å²) in [6.45, 7) is 6.07. The van der Waals surface area contributed by atoms with Crippen molar-refractivity contribution in [1.82, 2.24) is 47.9 Å². The van der Waals surface area contributed by atoms with E-state index in [0.717, 1.165) is 0 Å². The number of hydrogen-bond acceptors (Lipinski definition) is 16. The predicted molar refractivity (Wildman–Crippen MR) is 267 cm³/mol. The lowest BCUT2D eigenvalue weighted by molar-refractivity contribution is -0.136. The Morgan fingerprint density at radius 2 is 1.11 bits per heavy atom. The van der Waals surface area contributed by atoms with Gasteiger partial charge in [0.2, 0.25) is 53.2 Å². The molecule has 1 saturated heterocycles. The van der Waals surface area contributed by atoms with E-state index in [1.807, 2.05) is 13.8 Å². The lowest BCUT2D eigenvalue weighted by Crippen LogP contribution is -2.61. The number of nitrogens with one attached hydrogen (secondary N) is 9. The summed E-state index contributed by atoms with van der Waals surface area (Å²) in [7, 11) is 0. The van der Waals surface area contributed by atoms with Gasteiger partial charge in [0.15, 0.2) is 0 Å². The lowest BCUT2D eigenvalue weighted by atomic mass is 10.00. The highest BCUT2D eigenvalue weighted by atomic mass is 16.3. The molecule has 11 atom stereocenters. The Hall–Kier alpha value is -5.83. The van der Waals surface area contributed by atoms with Crippen LogP contribution in [0.2, 0.25) is 0 Å². The van der Waals surface area contributed by atoms with Crippen molar-refractivity contribution in [3.05, 3.63) is 35.9 Å². The van der Waals surface area contributed by atoms with Crippen molar-refractivity contribution in [2.24, 2.45) is 34.6 Å². The highest BCUT2D eigenvalue weighted by molar-refractivity contribution is 5.98. The number of aliphatic hydroxyl groups is 2. The van der Waals surface area contributed by atoms with Crippen LogP contribution in [0.25, 0.3) is 0 Å². The van der Waals surface area contributed by atoms with Crippen LogP contribution in [0.15, 0.2) is 30.3 Å². The second-order valence-corrected chi connectivity index (χ2v) is 18.5. The standard InChI is InChI=1S/C47H82N14O11/c1-26(2)24-35-44(69)56-32(16-21-50)41(66)55-33(17-22-51)43(68)61-38(28(4)63)47(72)53-23-18-34(57-39(64)31(15-9-11-20-49)58-46(71)37(52)27(3)62)42(67)54-30(14-8-10-19-48)40(65)60-36(45(70)59-35)25-29-12-6-5-7-13-29/h5-7,12-13,26-28,30-38,62-63H,8-11,14-25,48-52H2,1-4H3,(H,53,72)(H,54,67)(H,55,66)(H,56,69)(H,57,64)(H,58,71)(H,59,70)(H,60,65)(H,61,68)/t27-,28+,30+,31+,32+,33+,34+,35+,36-,37+,38-/m1/s1. The first-order chi connectivity index (χ1) is 34.2. The SMILES string of the molecule is CC(C)C[C@@H]1NC(=O)[C@@H](Cc2ccccc2)NC(=O)[C@H](CCCCN)NC(=O)[C@@H](NC(=O)[C@H](CCCCN)NC(=O)[C@@H](N)[C@@H](C)O)CCNC(=O)[C@@H]([C@H](C)O)NC(=O)[C@H](CCN)NC(=O)[C@H](CCN)NC1=O. The average Bonchev–Trinajstić information content (AvgIpc) is 3.33. The van der Waals surface area contributed by atoms with E-state index >= 15 is 0 Å². The normalized spacial score (nSPS) is 24.2. The first-order valence-electron chi connectivity index (χ1n) is 24.8. The third-order valence-electron chi connectivity index (χ3n) is 11.8. The quantitative estimate of drug-likeness (QED) is 0.0483. The van der Waals surface area contributed by atoms with Crippen LogP contribution in [0.4, 0.5) is 0 Å². The third-order valence-corrected chi connectivity index (χ3v) is 11.8. The highest BCUT2D eigenvalue weighted by Crippen LogP contribution is 2.12. The van der Waals surface area contributed by atoms with E-state index in [1.165, 1.54) is 13.8 Å². The maximum Gasteiger partial charge on any atom is 0.245 e. The average molecular weight is 1020 g/mol. The van der Waals surface area contributed by atoms with E-state index in [9.17, 15) is 53.4 Å². The first-order valence-corrected chi connectivity index (χ1v) is 24.8. The maximum absolute atomic E-state index is 14.5. The van der Waals surface area contributed by atoms with Crippen molar-refractivity contribution in [3.63, 3.8) is 0 Å². The van der Waals surface area contributed by atoms with Crippen molar-refractivity contribution >= 4 is 53.2 Å². The Kier molecular flexibility index (Phi) is 28.6. The lowest BCUT2D eigenvalue weighted by Gasteiger charge is -2.28. The summed E-state index contributed by atoms with van der Waals surface area (Å²) < 4.78 is 0. The summed E-state index contributed by atoms with van der Waals surface area (Å²) in [5, 5.41) is 44.2. The van der Waals surface area contributed by atoms with Gasteiger partial charge in [-0.3, -0.25) is 43.2 Å². The Morgan fingerprint density at radius 1 is 0.611 bits per heavy atom. The summed E-state index contributed by atoms with van der Waals surface area (Å²) in [5.41, 5.74) is 29.6. The molecule has 0 bridgehead atoms. The number of hydrogen-bond donors (Lipinski definition) is 16. The Balaban J connectivity index is 2.80. The van der Waals surface area contributed by atoms with Gasteiger partial charge in [0.25, 0.3) is 0 Å². The zero-order valence-corrected chi connectivity index (χ0v) is 42.1. The highest BCUT2D eigenvalue weighted by Gasteiger charge is 2.36. The molecule has 1 aromatic carbocycles. The smallest absolute Gasteiger partial charge is 0.245 e. The molecule has 0 radical (unpaired) electrons. The van der Waals surface area contributed by atoms with E-state index in [4.69, 9.17) is 28.7 Å². The van der Waals surface area contributed by atoms with Crippen molar-refractivity contribution < 1.29 is 53.4 Å². The molecule has 1 aromatic rings. The van der Waals surface area contributed by atoms with Crippen molar-refractivity contribution in [2.45, 2.75) is 165 Å². The van der Waals surface area contributed by atoms with Crippen LogP contribution in [0.3, 0.4) is 0 Å². The largest absolute Gasteiger partial charge is 0.391 e. The zero-order chi connectivity index (χ0) is 53.9. The third kappa shape index (κ3) is 21.9. The second kappa shape index (κ2) is 33.0. The van der Waals surface area contributed by atoms with E-state index in [1.54, 1.807) is 30.3 Å². The first kappa shape index (κ1) is 62.3. The van der Waals surface area contributed by atoms with Gasteiger partial charge in [-0.2, -0.15) is 0 Å². The number of amides is 9. The summed E-state index contributed by atoms with van der Waals surface area (Å²) in [5.74, 6) is -7.84. The van der Waals surface area contributed by atoms with Crippen LogP contribution in [0, 0.1) is 5.92 Å². The van der Waals surface area contributed by atoms with Gasteiger partial charge in [0.05, 0.1) is 12.2 Å². The molecule has 0 spiro atoms. The summed E-state index contributed by atoms with van der Waals surface area (Å²) in [4.78, 5) is 126. The molecule has 1 aliphatic heterocycles. The fourth-order valence-corrected chi connectivity index (χ4v) is 7.65. The summed E-state index contributed by atoms with van der Waals surface area (Å²) >= 11 is 0. The maximum atomic E-state index is 14.5. The molecule has 0 unspecified atom stereocenters. The molecule has 406 valence electrons. The molecular weight excluding hydrogens is 937 g/mol. The van der Waals surface area contributed by atoms with E-state index < -0.39 is 120 Å². The molecule has 9 amide bonds. The van der Waals surface area contributed by atoms with Gasteiger partial charge < -0.3 is 86.7 Å². The molecule has 25 heteroatoms. The van der Waals surface area contributed by atoms with Gasteiger partial charge >= 0.3 is 0 Å². The Morgan fingerprint density at radius 3 is 1.65 bits per heavy atom. The minimum absolute atomic E-state index is 0.00471. The number of unbranched alkanes of at least 4 members (excludes halogenated alkanes) is 2. The van der Waals surface area contributed by atoms with Gasteiger partial charge in [-0.15, -0.1) is 0 Å². The number of benzene rings is 1. The van der Waals surface area contributed by atoms with Crippen LogP contribution in [-0.2, 0) is 49.6 Å². The Labute approximate surface area is 421 Å². The summed E-state index contributed by atoms with van der Waals surface area (Å²) in [6, 6.07) is -3.80. The van der Waals surface area contributed by atoms with Crippen molar-refractivity contribution in [3.8, 4) is 0 Å². The van der Waals surface area contributed by atoms with E-state index in [-0.39, 0.29) is 83.6 Å². The van der Waals surface area contributed by atoms with Crippen LogP contribution in [-0.4, -0.2) is 163 Å². The van der Waals surface area contributed by atoms with Crippen molar-refractivity contribution in [1.29, 1.82) is 0 Å². The molecule has 1 heterocycles. The molecular formula is C47H82N14O11. The van der Waals surface area contributed by atoms with E-state index in [0.29, 0.717) is 31.2 Å². The molecule has 72 heavy (non-hydrogen) atoms. The number of rotatable bonds is 22. The minimum atomic E-state index is -1.63. The molecule has 0 aliphatic carbocycles. The molecule has 2 rings (SSSR count). The monoisotopic (exact) mass is 1020 g/mol. The number of carbonyl (C=O) groups excluding carboxylic acids is 9. The van der Waals surface area contributed by atoms with Crippen LogP contribution < -0.4 is 76.5 Å². The van der Waals surface area contributed by atoms with Gasteiger partial charge in [-0.25, -0.2) is 0 Å². The molecule has 1 aliphatic rings. The number of aliphatic hydroxyl groups excluding tert-OH is 2. The van der Waals surface area contributed by atoms with Crippen molar-refractivity contribution in [2.75, 3.05) is 32.7 Å². The molecule has 1 fully saturated rings. The van der Waals surface area contributed by atoms with Crippen LogP contribution in [0.5, 0.6) is 0 Å².